The molecule has 1 aliphatic carbocycles. The fourth-order valence-corrected chi connectivity index (χ4v) is 5.33. The first-order chi connectivity index (χ1) is 17.3. The molecule has 0 aromatic carbocycles. The van der Waals surface area contributed by atoms with Crippen LogP contribution in [0.15, 0.2) is 24.5 Å². The van der Waals surface area contributed by atoms with Gasteiger partial charge in [-0.15, -0.1) is 0 Å². The van der Waals surface area contributed by atoms with Crippen molar-refractivity contribution >= 4 is 23.1 Å². The van der Waals surface area contributed by atoms with Crippen molar-refractivity contribution in [2.75, 3.05) is 44.1 Å². The number of anilines is 2. The standard InChI is InChI=1S/C27H39ClFN5O2/c1-18(16-35-3)33-19-4-6-20(7-5-19)34-25-13-22(24(29)15-30-25)23-12-21(14-31-26(23)28)32-17-27(2)8-10-36-11-9-27/h12-15,18-20,32-33H,4-11,16-17H2,1-3H3,(H,30,34)/t18-,19?,20?/m1/s1. The Balaban J connectivity index is 1.40. The van der Waals surface area contributed by atoms with Crippen LogP contribution in [-0.2, 0) is 9.47 Å². The number of ether oxygens (including phenoxy) is 2. The molecule has 3 heterocycles. The lowest BCUT2D eigenvalue weighted by atomic mass is 9.82. The number of nitrogens with zero attached hydrogens (tertiary/aromatic N) is 2. The third-order valence-electron chi connectivity index (χ3n) is 7.42. The molecular formula is C27H39ClFN5O2. The fraction of sp³-hybridized carbons (Fsp3) is 0.630. The van der Waals surface area contributed by atoms with Crippen LogP contribution >= 0.6 is 11.6 Å². The third kappa shape index (κ3) is 7.28. The van der Waals surface area contributed by atoms with Gasteiger partial charge in [-0.05, 0) is 63.0 Å². The van der Waals surface area contributed by atoms with Gasteiger partial charge in [-0.25, -0.2) is 14.4 Å². The SMILES string of the molecule is COC[C@@H](C)NC1CCC(Nc2cc(-c3cc(NCC4(C)CCOCC4)cnc3Cl)c(F)cn2)CC1. The lowest BCUT2D eigenvalue weighted by Crippen LogP contribution is -2.42. The maximum Gasteiger partial charge on any atom is 0.149 e. The minimum Gasteiger partial charge on any atom is -0.383 e. The molecule has 1 atom stereocenters. The lowest BCUT2D eigenvalue weighted by molar-refractivity contribution is 0.0300. The number of halogens is 2. The summed E-state index contributed by atoms with van der Waals surface area (Å²) in [4.78, 5) is 8.63. The van der Waals surface area contributed by atoms with E-state index in [2.05, 4.69) is 39.8 Å². The Morgan fingerprint density at radius 2 is 1.83 bits per heavy atom. The number of rotatable bonds is 10. The predicted molar refractivity (Wildman–Crippen MR) is 143 cm³/mol. The molecule has 2 aliphatic rings. The average Bonchev–Trinajstić information content (AvgIpc) is 2.87. The van der Waals surface area contributed by atoms with Crippen LogP contribution in [0.5, 0.6) is 0 Å². The highest BCUT2D eigenvalue weighted by Crippen LogP contribution is 2.34. The number of aromatic nitrogens is 2. The van der Waals surface area contributed by atoms with Crippen molar-refractivity contribution in [3.05, 3.63) is 35.5 Å². The molecule has 198 valence electrons. The first-order valence-corrected chi connectivity index (χ1v) is 13.4. The van der Waals surface area contributed by atoms with Crippen molar-refractivity contribution in [2.45, 2.75) is 70.5 Å². The molecule has 1 saturated heterocycles. The molecule has 2 aromatic heterocycles. The third-order valence-corrected chi connectivity index (χ3v) is 7.72. The molecule has 9 heteroatoms. The van der Waals surface area contributed by atoms with Crippen LogP contribution in [0.3, 0.4) is 0 Å². The second-order valence-corrected chi connectivity index (χ2v) is 11.0. The molecule has 2 fully saturated rings. The van der Waals surface area contributed by atoms with E-state index < -0.39 is 5.82 Å². The minimum absolute atomic E-state index is 0.160. The van der Waals surface area contributed by atoms with Crippen molar-refractivity contribution in [3.63, 3.8) is 0 Å². The Labute approximate surface area is 218 Å². The Kier molecular flexibility index (Phi) is 9.39. The van der Waals surface area contributed by atoms with Crippen LogP contribution in [-0.4, -0.2) is 61.6 Å². The fourth-order valence-electron chi connectivity index (χ4n) is 5.13. The first kappa shape index (κ1) is 27.0. The van der Waals surface area contributed by atoms with Crippen molar-refractivity contribution in [1.29, 1.82) is 0 Å². The second kappa shape index (κ2) is 12.5. The van der Waals surface area contributed by atoms with E-state index in [1.54, 1.807) is 19.4 Å². The van der Waals surface area contributed by atoms with Crippen LogP contribution < -0.4 is 16.0 Å². The van der Waals surface area contributed by atoms with E-state index in [-0.39, 0.29) is 10.6 Å². The smallest absolute Gasteiger partial charge is 0.149 e. The Bertz CT molecular complexity index is 996. The topological polar surface area (TPSA) is 80.3 Å². The molecular weight excluding hydrogens is 481 g/mol. The monoisotopic (exact) mass is 519 g/mol. The summed E-state index contributed by atoms with van der Waals surface area (Å²) >= 11 is 6.42. The summed E-state index contributed by atoms with van der Waals surface area (Å²) in [6, 6.07) is 4.75. The quantitative estimate of drug-likeness (QED) is 0.357. The molecule has 1 saturated carbocycles. The van der Waals surface area contributed by atoms with Gasteiger partial charge in [0, 0.05) is 56.1 Å². The van der Waals surface area contributed by atoms with Gasteiger partial charge in [0.25, 0.3) is 0 Å². The number of methoxy groups -OCH3 is 1. The molecule has 3 N–H and O–H groups in total. The van der Waals surface area contributed by atoms with Crippen LogP contribution in [0.2, 0.25) is 5.15 Å². The van der Waals surface area contributed by atoms with E-state index in [4.69, 9.17) is 21.1 Å². The summed E-state index contributed by atoms with van der Waals surface area (Å²) in [5.41, 5.74) is 1.94. The van der Waals surface area contributed by atoms with Gasteiger partial charge >= 0.3 is 0 Å². The van der Waals surface area contributed by atoms with E-state index >= 15 is 0 Å². The van der Waals surface area contributed by atoms with Crippen LogP contribution in [0.1, 0.15) is 52.4 Å². The van der Waals surface area contributed by atoms with Gasteiger partial charge < -0.3 is 25.4 Å². The molecule has 0 bridgehead atoms. The molecule has 0 unspecified atom stereocenters. The van der Waals surface area contributed by atoms with E-state index in [9.17, 15) is 4.39 Å². The number of hydrogen-bond acceptors (Lipinski definition) is 7. The number of hydrogen-bond donors (Lipinski definition) is 3. The normalized spacial score (nSPS) is 22.7. The second-order valence-electron chi connectivity index (χ2n) is 10.6. The molecule has 7 nitrogen and oxygen atoms in total. The Morgan fingerprint density at radius 1 is 1.11 bits per heavy atom. The molecule has 0 radical (unpaired) electrons. The largest absolute Gasteiger partial charge is 0.383 e. The maximum atomic E-state index is 14.9. The van der Waals surface area contributed by atoms with E-state index in [1.807, 2.05) is 6.07 Å². The lowest BCUT2D eigenvalue weighted by Gasteiger charge is -2.33. The summed E-state index contributed by atoms with van der Waals surface area (Å²) < 4.78 is 25.6. The molecule has 0 amide bonds. The highest BCUT2D eigenvalue weighted by molar-refractivity contribution is 6.32. The highest BCUT2D eigenvalue weighted by Gasteiger charge is 2.27. The minimum atomic E-state index is -0.419. The molecule has 2 aromatic rings. The van der Waals surface area contributed by atoms with Crippen LogP contribution in [0.4, 0.5) is 15.9 Å². The highest BCUT2D eigenvalue weighted by atomic mass is 35.5. The maximum absolute atomic E-state index is 14.9. The Morgan fingerprint density at radius 3 is 2.56 bits per heavy atom. The van der Waals surface area contributed by atoms with Crippen molar-refractivity contribution < 1.29 is 13.9 Å². The van der Waals surface area contributed by atoms with E-state index in [0.29, 0.717) is 41.7 Å². The molecule has 36 heavy (non-hydrogen) atoms. The zero-order chi connectivity index (χ0) is 25.5. The van der Waals surface area contributed by atoms with Gasteiger partial charge in [0.05, 0.1) is 24.7 Å². The van der Waals surface area contributed by atoms with Gasteiger partial charge in [-0.1, -0.05) is 18.5 Å². The van der Waals surface area contributed by atoms with Crippen LogP contribution in [0.25, 0.3) is 11.1 Å². The van der Waals surface area contributed by atoms with E-state index in [1.165, 1.54) is 6.20 Å². The predicted octanol–water partition coefficient (Wildman–Crippen LogP) is 5.51. The van der Waals surface area contributed by atoms with Gasteiger partial charge in [-0.3, -0.25) is 0 Å². The number of nitrogens with one attached hydrogen (secondary N) is 3. The summed E-state index contributed by atoms with van der Waals surface area (Å²) in [6.45, 7) is 7.48. The van der Waals surface area contributed by atoms with Gasteiger partial charge in [0.15, 0.2) is 0 Å². The van der Waals surface area contributed by atoms with Gasteiger partial charge in [0.2, 0.25) is 0 Å². The van der Waals surface area contributed by atoms with Gasteiger partial charge in [0.1, 0.15) is 16.8 Å². The molecule has 1 aliphatic heterocycles. The first-order valence-electron chi connectivity index (χ1n) is 13.0. The average molecular weight is 520 g/mol. The van der Waals surface area contributed by atoms with Crippen molar-refractivity contribution in [1.82, 2.24) is 15.3 Å². The summed E-state index contributed by atoms with van der Waals surface area (Å²) in [5, 5.41) is 10.9. The number of pyridine rings is 2. The Hall–Kier alpha value is -2.00. The summed E-state index contributed by atoms with van der Waals surface area (Å²) in [7, 11) is 1.73. The van der Waals surface area contributed by atoms with Gasteiger partial charge in [-0.2, -0.15) is 0 Å². The van der Waals surface area contributed by atoms with Crippen LogP contribution in [0, 0.1) is 11.2 Å². The molecule has 4 rings (SSSR count). The van der Waals surface area contributed by atoms with Crippen molar-refractivity contribution in [2.24, 2.45) is 5.41 Å². The zero-order valence-electron chi connectivity index (χ0n) is 21.6. The summed E-state index contributed by atoms with van der Waals surface area (Å²) in [6.07, 6.45) is 9.18. The van der Waals surface area contributed by atoms with E-state index in [0.717, 1.165) is 64.0 Å². The molecule has 0 spiro atoms. The zero-order valence-corrected chi connectivity index (χ0v) is 22.3. The van der Waals surface area contributed by atoms with Crippen molar-refractivity contribution in [3.8, 4) is 11.1 Å². The summed E-state index contributed by atoms with van der Waals surface area (Å²) in [5.74, 6) is 0.234.